The summed E-state index contributed by atoms with van der Waals surface area (Å²) in [5.41, 5.74) is 5.31. The van der Waals surface area contributed by atoms with Crippen LogP contribution in [-0.4, -0.2) is 48.1 Å². The Hall–Kier alpha value is -3.17. The van der Waals surface area contributed by atoms with Crippen molar-refractivity contribution in [3.8, 4) is 11.5 Å². The number of rotatable bonds is 4. The molecule has 166 valence electrons. The van der Waals surface area contributed by atoms with E-state index >= 15 is 0 Å². The van der Waals surface area contributed by atoms with Crippen molar-refractivity contribution < 1.29 is 27.4 Å². The Bertz CT molecular complexity index is 983. The number of alkyl halides is 3. The SMILES string of the molecule is CCC(=O)N1CC[C@H](Oc2ccc3c(c2)N(c2cnc(N)c(C(F)(F)F)c2)CCO3)C1. The smallest absolute Gasteiger partial charge is 0.420 e. The molecule has 2 aliphatic heterocycles. The van der Waals surface area contributed by atoms with Gasteiger partial charge < -0.3 is 25.0 Å². The number of nitrogens with zero attached hydrogens (tertiary/aromatic N) is 3. The molecule has 7 nitrogen and oxygen atoms in total. The number of hydrogen-bond donors (Lipinski definition) is 1. The predicted molar refractivity (Wildman–Crippen MR) is 108 cm³/mol. The Morgan fingerprint density at radius 2 is 2.13 bits per heavy atom. The molecule has 1 fully saturated rings. The van der Waals surface area contributed by atoms with Gasteiger partial charge in [0, 0.05) is 25.5 Å². The van der Waals surface area contributed by atoms with Gasteiger partial charge in [-0.1, -0.05) is 6.92 Å². The van der Waals surface area contributed by atoms with Crippen LogP contribution in [0.25, 0.3) is 0 Å². The lowest BCUT2D eigenvalue weighted by atomic mass is 10.1. The van der Waals surface area contributed by atoms with E-state index in [2.05, 4.69) is 4.98 Å². The van der Waals surface area contributed by atoms with Gasteiger partial charge in [0.2, 0.25) is 5.91 Å². The average molecular weight is 436 g/mol. The summed E-state index contributed by atoms with van der Waals surface area (Å²) in [6.45, 7) is 3.65. The Morgan fingerprint density at radius 3 is 2.87 bits per heavy atom. The molecule has 1 aromatic heterocycles. The summed E-state index contributed by atoms with van der Waals surface area (Å²) in [5.74, 6) is 0.629. The fraction of sp³-hybridized carbons (Fsp3) is 0.429. The van der Waals surface area contributed by atoms with E-state index in [4.69, 9.17) is 15.2 Å². The minimum absolute atomic E-state index is 0.0902. The van der Waals surface area contributed by atoms with Crippen molar-refractivity contribution in [2.75, 3.05) is 36.9 Å². The van der Waals surface area contributed by atoms with Gasteiger partial charge in [0.1, 0.15) is 30.0 Å². The summed E-state index contributed by atoms with van der Waals surface area (Å²) in [7, 11) is 0. The minimum Gasteiger partial charge on any atom is -0.490 e. The van der Waals surface area contributed by atoms with Crippen LogP contribution in [0, 0.1) is 0 Å². The lowest BCUT2D eigenvalue weighted by molar-refractivity contribution is -0.137. The predicted octanol–water partition coefficient (Wildman–Crippen LogP) is 3.60. The molecule has 1 saturated heterocycles. The molecule has 31 heavy (non-hydrogen) atoms. The van der Waals surface area contributed by atoms with Gasteiger partial charge in [-0.3, -0.25) is 4.79 Å². The van der Waals surface area contributed by atoms with Crippen LogP contribution in [0.4, 0.5) is 30.4 Å². The van der Waals surface area contributed by atoms with Gasteiger partial charge in [-0.05, 0) is 18.2 Å². The summed E-state index contributed by atoms with van der Waals surface area (Å²) >= 11 is 0. The number of benzene rings is 1. The van der Waals surface area contributed by atoms with E-state index in [0.717, 1.165) is 12.5 Å². The van der Waals surface area contributed by atoms with Gasteiger partial charge in [0.05, 0.1) is 36.2 Å². The third kappa shape index (κ3) is 4.33. The number of carbonyl (C=O) groups is 1. The highest BCUT2D eigenvalue weighted by Crippen LogP contribution is 2.41. The van der Waals surface area contributed by atoms with Crippen LogP contribution >= 0.6 is 0 Å². The molecule has 0 radical (unpaired) electrons. The molecule has 2 aliphatic rings. The third-order valence-corrected chi connectivity index (χ3v) is 5.42. The van der Waals surface area contributed by atoms with Crippen LogP contribution in [0.3, 0.4) is 0 Å². The topological polar surface area (TPSA) is 80.9 Å². The highest BCUT2D eigenvalue weighted by atomic mass is 19.4. The number of nitrogens with two attached hydrogens (primary N) is 1. The van der Waals surface area contributed by atoms with Crippen molar-refractivity contribution in [2.24, 2.45) is 0 Å². The second-order valence-corrected chi connectivity index (χ2v) is 7.48. The zero-order valence-corrected chi connectivity index (χ0v) is 17.0. The zero-order valence-electron chi connectivity index (χ0n) is 17.0. The second-order valence-electron chi connectivity index (χ2n) is 7.48. The van der Waals surface area contributed by atoms with Crippen LogP contribution in [0.2, 0.25) is 0 Å². The molecule has 4 rings (SSSR count). The number of aromatic nitrogens is 1. The highest BCUT2D eigenvalue weighted by Gasteiger charge is 2.35. The van der Waals surface area contributed by atoms with Crippen LogP contribution in [0.5, 0.6) is 11.5 Å². The molecule has 10 heteroatoms. The van der Waals surface area contributed by atoms with E-state index in [1.54, 1.807) is 28.0 Å². The van der Waals surface area contributed by atoms with Crippen LogP contribution in [-0.2, 0) is 11.0 Å². The molecule has 1 aromatic carbocycles. The van der Waals surface area contributed by atoms with E-state index in [1.165, 1.54) is 6.20 Å². The number of anilines is 3. The Labute approximate surface area is 177 Å². The quantitative estimate of drug-likeness (QED) is 0.789. The minimum atomic E-state index is -4.60. The highest BCUT2D eigenvalue weighted by molar-refractivity contribution is 5.76. The largest absolute Gasteiger partial charge is 0.490 e. The molecule has 0 spiro atoms. The fourth-order valence-electron chi connectivity index (χ4n) is 3.84. The van der Waals surface area contributed by atoms with E-state index in [0.29, 0.717) is 49.8 Å². The van der Waals surface area contributed by atoms with Gasteiger partial charge in [0.15, 0.2) is 0 Å². The summed E-state index contributed by atoms with van der Waals surface area (Å²) in [5, 5.41) is 0. The normalized spacial score (nSPS) is 18.5. The number of halogens is 3. The van der Waals surface area contributed by atoms with Gasteiger partial charge in [-0.15, -0.1) is 0 Å². The number of pyridine rings is 1. The lowest BCUT2D eigenvalue weighted by Crippen LogP contribution is -2.30. The number of carbonyl (C=O) groups excluding carboxylic acids is 1. The molecular weight excluding hydrogens is 413 g/mol. The molecule has 0 bridgehead atoms. The summed E-state index contributed by atoms with van der Waals surface area (Å²) in [4.78, 5) is 19.1. The zero-order chi connectivity index (χ0) is 22.2. The Kier molecular flexibility index (Phi) is 5.55. The standard InChI is InChI=1S/C21H23F3N4O3/c1-2-19(29)27-6-5-15(12-27)31-14-3-4-18-17(10-14)28(7-8-30-18)13-9-16(21(22,23)24)20(25)26-11-13/h3-4,9-11,15H,2,5-8,12H2,1H3,(H2,25,26)/t15-/m0/s1. The van der Waals surface area contributed by atoms with Crippen molar-refractivity contribution in [1.29, 1.82) is 0 Å². The summed E-state index contributed by atoms with van der Waals surface area (Å²) in [6, 6.07) is 6.23. The molecule has 0 unspecified atom stereocenters. The molecule has 1 atom stereocenters. The Balaban J connectivity index is 1.58. The maximum Gasteiger partial charge on any atom is 0.420 e. The molecular formula is C21H23F3N4O3. The van der Waals surface area contributed by atoms with Gasteiger partial charge >= 0.3 is 6.18 Å². The fourth-order valence-corrected chi connectivity index (χ4v) is 3.84. The monoisotopic (exact) mass is 436 g/mol. The number of hydrogen-bond acceptors (Lipinski definition) is 6. The first kappa shape index (κ1) is 21.1. The van der Waals surface area contributed by atoms with Crippen molar-refractivity contribution >= 4 is 23.1 Å². The maximum atomic E-state index is 13.3. The summed E-state index contributed by atoms with van der Waals surface area (Å²) < 4.78 is 51.6. The van der Waals surface area contributed by atoms with E-state index < -0.39 is 17.6 Å². The molecule has 2 aromatic rings. The number of fused-ring (bicyclic) bond motifs is 1. The van der Waals surface area contributed by atoms with Crippen molar-refractivity contribution in [1.82, 2.24) is 9.88 Å². The van der Waals surface area contributed by atoms with Gasteiger partial charge in [0.25, 0.3) is 0 Å². The van der Waals surface area contributed by atoms with Crippen LogP contribution < -0.4 is 20.1 Å². The van der Waals surface area contributed by atoms with E-state index in [1.807, 2.05) is 6.92 Å². The van der Waals surface area contributed by atoms with E-state index in [-0.39, 0.29) is 17.7 Å². The molecule has 0 saturated carbocycles. The van der Waals surface area contributed by atoms with Gasteiger partial charge in [-0.25, -0.2) is 4.98 Å². The van der Waals surface area contributed by atoms with Crippen molar-refractivity contribution in [3.63, 3.8) is 0 Å². The first-order valence-electron chi connectivity index (χ1n) is 10.1. The van der Waals surface area contributed by atoms with Crippen LogP contribution in [0.1, 0.15) is 25.3 Å². The molecule has 3 heterocycles. The van der Waals surface area contributed by atoms with E-state index in [9.17, 15) is 18.0 Å². The average Bonchev–Trinajstić information content (AvgIpc) is 3.21. The summed E-state index contributed by atoms with van der Waals surface area (Å²) in [6.07, 6.45) is -2.25. The first-order chi connectivity index (χ1) is 14.8. The van der Waals surface area contributed by atoms with Gasteiger partial charge in [-0.2, -0.15) is 13.2 Å². The van der Waals surface area contributed by atoms with Crippen LogP contribution in [0.15, 0.2) is 30.5 Å². The maximum absolute atomic E-state index is 13.3. The molecule has 1 amide bonds. The number of ether oxygens (including phenoxy) is 2. The number of amides is 1. The third-order valence-electron chi connectivity index (χ3n) is 5.42. The number of nitrogen functional groups attached to an aromatic ring is 1. The number of likely N-dealkylation sites (tertiary alicyclic amines) is 1. The Morgan fingerprint density at radius 1 is 1.32 bits per heavy atom. The lowest BCUT2D eigenvalue weighted by Gasteiger charge is -2.32. The molecule has 2 N–H and O–H groups in total. The van der Waals surface area contributed by atoms with Crippen molar-refractivity contribution in [3.05, 3.63) is 36.0 Å². The van der Waals surface area contributed by atoms with Crippen molar-refractivity contribution in [2.45, 2.75) is 32.0 Å². The first-order valence-corrected chi connectivity index (χ1v) is 10.1. The second kappa shape index (κ2) is 8.16. The molecule has 0 aliphatic carbocycles.